The largest absolute Gasteiger partial charge is 0.124 e. The quantitative estimate of drug-likeness (QED) is 0.329. The van der Waals surface area contributed by atoms with Gasteiger partial charge in [0.2, 0.25) is 0 Å². The van der Waals surface area contributed by atoms with E-state index in [0.717, 1.165) is 5.92 Å². The van der Waals surface area contributed by atoms with Gasteiger partial charge in [0.05, 0.1) is 0 Å². The molecule has 0 aromatic rings. The highest BCUT2D eigenvalue weighted by Gasteiger charge is 1.98. The highest BCUT2D eigenvalue weighted by molar-refractivity contribution is 4.93. The van der Waals surface area contributed by atoms with Gasteiger partial charge < -0.3 is 0 Å². The number of hydrogen-bond donors (Lipinski definition) is 0. The maximum atomic E-state index is 4.00. The van der Waals surface area contributed by atoms with Crippen LogP contribution in [-0.2, 0) is 0 Å². The van der Waals surface area contributed by atoms with Crippen molar-refractivity contribution in [1.29, 1.82) is 0 Å². The van der Waals surface area contributed by atoms with E-state index in [9.17, 15) is 0 Å². The Morgan fingerprint density at radius 3 is 2.25 bits per heavy atom. The zero-order chi connectivity index (χ0) is 6.41. The van der Waals surface area contributed by atoms with E-state index < -0.39 is 0 Å². The maximum absolute atomic E-state index is 4.00. The van der Waals surface area contributed by atoms with Crippen LogP contribution in [0.3, 0.4) is 0 Å². The van der Waals surface area contributed by atoms with Crippen LogP contribution in [0.2, 0.25) is 0 Å². The Bertz CT molecular complexity index is 87.5. The second-order valence-electron chi connectivity index (χ2n) is 1.98. The molecule has 0 bridgehead atoms. The minimum absolute atomic E-state index is 0.866. The molecule has 1 unspecified atom stereocenters. The van der Waals surface area contributed by atoms with E-state index in [1.165, 1.54) is 12.8 Å². The Labute approximate surface area is 51.6 Å². The normalized spacial score (nSPS) is 24.1. The van der Waals surface area contributed by atoms with Crippen molar-refractivity contribution in [3.63, 3.8) is 0 Å². The van der Waals surface area contributed by atoms with Gasteiger partial charge in [-0.1, -0.05) is 19.1 Å². The second kappa shape index (κ2) is 4.46. The predicted molar refractivity (Wildman–Crippen MR) is 37.4 cm³/mol. The van der Waals surface area contributed by atoms with Crippen LogP contribution in [0.25, 0.3) is 0 Å². The van der Waals surface area contributed by atoms with Crippen molar-refractivity contribution in [2.24, 2.45) is 5.92 Å². The molecule has 1 aliphatic carbocycles. The number of rotatable bonds is 0. The third kappa shape index (κ3) is 2.47. The Kier molecular flexibility index (Phi) is 4.07. The molecule has 0 heteroatoms. The third-order valence-electron chi connectivity index (χ3n) is 1.25. The monoisotopic (exact) mass is 108 g/mol. The summed E-state index contributed by atoms with van der Waals surface area (Å²) in [5, 5.41) is 0. The van der Waals surface area contributed by atoms with Crippen LogP contribution in [0.1, 0.15) is 19.8 Å². The van der Waals surface area contributed by atoms with Gasteiger partial charge in [-0.25, -0.2) is 0 Å². The van der Waals surface area contributed by atoms with Gasteiger partial charge >= 0.3 is 0 Å². The van der Waals surface area contributed by atoms with Crippen LogP contribution in [0.5, 0.6) is 0 Å². The molecule has 1 rings (SSSR count). The third-order valence-corrected chi connectivity index (χ3v) is 1.25. The molecule has 0 aromatic carbocycles. The van der Waals surface area contributed by atoms with E-state index in [1.807, 2.05) is 0 Å². The molecule has 1 atom stereocenters. The second-order valence-corrected chi connectivity index (χ2v) is 1.98. The first kappa shape index (κ1) is 7.30. The van der Waals surface area contributed by atoms with Crippen LogP contribution in [0.4, 0.5) is 0 Å². The van der Waals surface area contributed by atoms with Crippen LogP contribution in [0.15, 0.2) is 12.2 Å². The van der Waals surface area contributed by atoms with Crippen molar-refractivity contribution in [2.75, 3.05) is 0 Å². The Morgan fingerprint density at radius 2 is 2.12 bits per heavy atom. The fourth-order valence-electron chi connectivity index (χ4n) is 0.784. The summed E-state index contributed by atoms with van der Waals surface area (Å²) in [7, 11) is 0. The number of allylic oxidation sites excluding steroid dienone is 2. The van der Waals surface area contributed by atoms with Gasteiger partial charge in [0.1, 0.15) is 0 Å². The van der Waals surface area contributed by atoms with Gasteiger partial charge in [0.15, 0.2) is 0 Å². The van der Waals surface area contributed by atoms with E-state index in [2.05, 4.69) is 31.9 Å². The summed E-state index contributed by atoms with van der Waals surface area (Å²) in [6.45, 7) is 2.25. The first-order valence-electron chi connectivity index (χ1n) is 2.89. The molecule has 44 valence electrons. The summed E-state index contributed by atoms with van der Waals surface area (Å²) in [6, 6.07) is 0. The highest BCUT2D eigenvalue weighted by atomic mass is 14.0. The first-order valence-corrected chi connectivity index (χ1v) is 2.89. The summed E-state index contributed by atoms with van der Waals surface area (Å²) < 4.78 is 0. The predicted octanol–water partition coefficient (Wildman–Crippen LogP) is 2.22. The summed E-state index contributed by atoms with van der Waals surface area (Å²) in [6.07, 6.45) is 15.2. The minimum atomic E-state index is 0.866. The highest BCUT2D eigenvalue weighted by Crippen LogP contribution is 2.14. The first-order chi connectivity index (χ1) is 3.89. The topological polar surface area (TPSA) is 0 Å². The van der Waals surface area contributed by atoms with Crippen LogP contribution in [-0.4, -0.2) is 0 Å². The molecular formula is C8H12. The summed E-state index contributed by atoms with van der Waals surface area (Å²) in [5.74, 6) is 0.866. The van der Waals surface area contributed by atoms with Gasteiger partial charge in [-0.15, -0.1) is 12.8 Å². The van der Waals surface area contributed by atoms with E-state index in [-0.39, 0.29) is 0 Å². The molecule has 0 N–H and O–H groups in total. The molecule has 0 heterocycles. The van der Waals surface area contributed by atoms with Crippen LogP contribution in [0, 0.1) is 18.8 Å². The molecule has 0 aliphatic heterocycles. The van der Waals surface area contributed by atoms with Crippen molar-refractivity contribution in [3.8, 4) is 12.8 Å². The van der Waals surface area contributed by atoms with Crippen molar-refractivity contribution >= 4 is 0 Å². The SMILES string of the molecule is C#C.CC1C=CCC1. The number of hydrogen-bond acceptors (Lipinski definition) is 0. The van der Waals surface area contributed by atoms with E-state index in [4.69, 9.17) is 0 Å². The van der Waals surface area contributed by atoms with Gasteiger partial charge in [-0.05, 0) is 18.8 Å². The summed E-state index contributed by atoms with van der Waals surface area (Å²) in [4.78, 5) is 0. The molecule has 8 heavy (non-hydrogen) atoms. The molecule has 0 nitrogen and oxygen atoms in total. The minimum Gasteiger partial charge on any atom is -0.124 e. The zero-order valence-electron chi connectivity index (χ0n) is 5.30. The zero-order valence-corrected chi connectivity index (χ0v) is 5.30. The average molecular weight is 108 g/mol. The lowest BCUT2D eigenvalue weighted by Gasteiger charge is -1.89. The van der Waals surface area contributed by atoms with Crippen molar-refractivity contribution < 1.29 is 0 Å². The van der Waals surface area contributed by atoms with Crippen molar-refractivity contribution in [2.45, 2.75) is 19.8 Å². The van der Waals surface area contributed by atoms with Gasteiger partial charge in [-0.3, -0.25) is 0 Å². The lowest BCUT2D eigenvalue weighted by molar-refractivity contribution is 0.701. The van der Waals surface area contributed by atoms with E-state index >= 15 is 0 Å². The molecule has 0 saturated heterocycles. The fourth-order valence-corrected chi connectivity index (χ4v) is 0.784. The van der Waals surface area contributed by atoms with Crippen LogP contribution < -0.4 is 0 Å². The van der Waals surface area contributed by atoms with Crippen molar-refractivity contribution in [3.05, 3.63) is 12.2 Å². The fraction of sp³-hybridized carbons (Fsp3) is 0.500. The van der Waals surface area contributed by atoms with Gasteiger partial charge in [-0.2, -0.15) is 0 Å². The molecule has 0 saturated carbocycles. The smallest absolute Gasteiger partial charge is 0.0259 e. The Balaban J connectivity index is 0.000000222. The average Bonchev–Trinajstić information content (AvgIpc) is 2.24. The van der Waals surface area contributed by atoms with E-state index in [1.54, 1.807) is 0 Å². The number of terminal acetylenes is 1. The molecule has 0 fully saturated rings. The summed E-state index contributed by atoms with van der Waals surface area (Å²) >= 11 is 0. The van der Waals surface area contributed by atoms with Crippen molar-refractivity contribution in [1.82, 2.24) is 0 Å². The Morgan fingerprint density at radius 1 is 1.50 bits per heavy atom. The molecule has 0 aromatic heterocycles. The molecular weight excluding hydrogens is 96.1 g/mol. The lowest BCUT2D eigenvalue weighted by Crippen LogP contribution is -1.76. The molecule has 0 spiro atoms. The summed E-state index contributed by atoms with van der Waals surface area (Å²) in [5.41, 5.74) is 0. The van der Waals surface area contributed by atoms with Gasteiger partial charge in [0.25, 0.3) is 0 Å². The van der Waals surface area contributed by atoms with Gasteiger partial charge in [0, 0.05) is 0 Å². The lowest BCUT2D eigenvalue weighted by atomic mass is 10.2. The standard InChI is InChI=1S/C6H10.C2H2/c1-6-4-2-3-5-6;1-2/h2,4,6H,3,5H2,1H3;1-2H. The molecule has 0 radical (unpaired) electrons. The molecule has 0 amide bonds. The maximum Gasteiger partial charge on any atom is -0.0259 e. The van der Waals surface area contributed by atoms with Crippen LogP contribution >= 0.6 is 0 Å². The Hall–Kier alpha value is -0.700. The van der Waals surface area contributed by atoms with E-state index in [0.29, 0.717) is 0 Å². The molecule has 1 aliphatic rings.